The number of hydrogen-bond donors (Lipinski definition) is 2. The van der Waals surface area contributed by atoms with Crippen LogP contribution in [0, 0.1) is 11.3 Å². The summed E-state index contributed by atoms with van der Waals surface area (Å²) < 4.78 is 4.38. The van der Waals surface area contributed by atoms with E-state index >= 15 is 0 Å². The smallest absolute Gasteiger partial charge is 0.450 e. The number of carboxylic acid groups (broad SMARTS) is 1. The van der Waals surface area contributed by atoms with E-state index in [1.165, 1.54) is 0 Å². The van der Waals surface area contributed by atoms with Gasteiger partial charge in [0.05, 0.1) is 12.7 Å². The van der Waals surface area contributed by atoms with Crippen LogP contribution in [0.5, 0.6) is 0 Å². The molecule has 2 unspecified atom stereocenters. The van der Waals surface area contributed by atoms with Crippen molar-refractivity contribution in [3.05, 3.63) is 0 Å². The maximum absolute atomic E-state index is 10.1. The van der Waals surface area contributed by atoms with Crippen molar-refractivity contribution in [3.63, 3.8) is 0 Å². The van der Waals surface area contributed by atoms with Crippen LogP contribution in [0.2, 0.25) is 0 Å². The van der Waals surface area contributed by atoms with E-state index in [-0.39, 0.29) is 17.9 Å². The number of aliphatic hydroxyl groups excluding tert-OH is 1. The molecular weight excluding hydrogens is 172 g/mol. The minimum absolute atomic E-state index is 0.0355. The van der Waals surface area contributed by atoms with Crippen LogP contribution in [0.15, 0.2) is 0 Å². The third kappa shape index (κ3) is 4.72. The molecule has 4 heteroatoms. The zero-order valence-corrected chi connectivity index (χ0v) is 8.57. The largest absolute Gasteiger partial charge is 0.505 e. The van der Waals surface area contributed by atoms with Gasteiger partial charge in [-0.1, -0.05) is 27.7 Å². The van der Waals surface area contributed by atoms with Crippen LogP contribution in [0.4, 0.5) is 4.79 Å². The predicted molar refractivity (Wildman–Crippen MR) is 48.6 cm³/mol. The van der Waals surface area contributed by atoms with Gasteiger partial charge in [-0.25, -0.2) is 4.79 Å². The first-order valence-corrected chi connectivity index (χ1v) is 4.29. The summed E-state index contributed by atoms with van der Waals surface area (Å²) in [7, 11) is 0. The summed E-state index contributed by atoms with van der Waals surface area (Å²) in [6.07, 6.45) is -1.86. The Morgan fingerprint density at radius 1 is 1.46 bits per heavy atom. The molecule has 0 heterocycles. The highest BCUT2D eigenvalue weighted by Crippen LogP contribution is 2.25. The molecule has 4 nitrogen and oxygen atoms in total. The molecule has 0 aromatic carbocycles. The van der Waals surface area contributed by atoms with E-state index in [4.69, 9.17) is 5.11 Å². The molecule has 0 saturated carbocycles. The fourth-order valence-corrected chi connectivity index (χ4v) is 1.15. The van der Waals surface area contributed by atoms with E-state index in [2.05, 4.69) is 4.74 Å². The van der Waals surface area contributed by atoms with Gasteiger partial charge in [0.15, 0.2) is 0 Å². The molecular formula is C9H18O4. The average molecular weight is 190 g/mol. The number of hydrogen-bond acceptors (Lipinski definition) is 3. The van der Waals surface area contributed by atoms with Crippen LogP contribution in [0.3, 0.4) is 0 Å². The van der Waals surface area contributed by atoms with Gasteiger partial charge in [-0.15, -0.1) is 0 Å². The first-order chi connectivity index (χ1) is 5.75. The fraction of sp³-hybridized carbons (Fsp3) is 0.889. The second kappa shape index (κ2) is 4.46. The Morgan fingerprint density at radius 3 is 2.23 bits per heavy atom. The molecule has 0 bridgehead atoms. The third-order valence-electron chi connectivity index (χ3n) is 1.90. The van der Waals surface area contributed by atoms with Gasteiger partial charge in [-0.3, -0.25) is 0 Å². The van der Waals surface area contributed by atoms with Gasteiger partial charge in [0, 0.05) is 5.92 Å². The molecule has 0 radical (unpaired) electrons. The van der Waals surface area contributed by atoms with Crippen LogP contribution in [0.25, 0.3) is 0 Å². The van der Waals surface area contributed by atoms with Gasteiger partial charge in [0.1, 0.15) is 0 Å². The van der Waals surface area contributed by atoms with Gasteiger partial charge in [0.25, 0.3) is 0 Å². The van der Waals surface area contributed by atoms with Crippen molar-refractivity contribution in [2.24, 2.45) is 11.3 Å². The second-order valence-corrected chi connectivity index (χ2v) is 4.37. The molecule has 78 valence electrons. The van der Waals surface area contributed by atoms with E-state index in [0.717, 1.165) is 0 Å². The molecule has 0 amide bonds. The lowest BCUT2D eigenvalue weighted by Gasteiger charge is -2.30. The third-order valence-corrected chi connectivity index (χ3v) is 1.90. The summed E-state index contributed by atoms with van der Waals surface area (Å²) in [4.78, 5) is 10.1. The summed E-state index contributed by atoms with van der Waals surface area (Å²) in [5, 5.41) is 17.9. The standard InChI is InChI=1S/C9H18O4/c1-6(5-13-8(11)12)7(10)9(2,3)4/h6-7,10H,5H2,1-4H3,(H,11,12). The Labute approximate surface area is 78.5 Å². The Hall–Kier alpha value is -0.770. The first kappa shape index (κ1) is 12.2. The quantitative estimate of drug-likeness (QED) is 0.665. The molecule has 0 aromatic rings. The molecule has 0 aliphatic rings. The number of aliphatic hydroxyl groups is 1. The molecule has 0 aliphatic heterocycles. The molecule has 0 aliphatic carbocycles. The SMILES string of the molecule is CC(COC(=O)O)C(O)C(C)(C)C. The van der Waals surface area contributed by atoms with Crippen LogP contribution >= 0.6 is 0 Å². The normalized spacial score (nSPS) is 16.4. The van der Waals surface area contributed by atoms with Crippen LogP contribution in [0.1, 0.15) is 27.7 Å². The molecule has 0 aromatic heterocycles. The summed E-state index contributed by atoms with van der Waals surface area (Å²) in [6, 6.07) is 0. The average Bonchev–Trinajstić information content (AvgIpc) is 1.96. The number of ether oxygens (including phenoxy) is 1. The summed E-state index contributed by atoms with van der Waals surface area (Å²) in [6.45, 7) is 7.49. The Balaban J connectivity index is 3.97. The molecule has 0 rings (SSSR count). The lowest BCUT2D eigenvalue weighted by molar-refractivity contribution is -0.0138. The zero-order valence-electron chi connectivity index (χ0n) is 8.57. The Kier molecular flexibility index (Phi) is 4.20. The molecule has 0 fully saturated rings. The van der Waals surface area contributed by atoms with Crippen LogP contribution in [-0.2, 0) is 4.74 Å². The topological polar surface area (TPSA) is 66.8 Å². The number of carbonyl (C=O) groups is 1. The minimum atomic E-state index is -1.30. The molecule has 2 N–H and O–H groups in total. The summed E-state index contributed by atoms with van der Waals surface area (Å²) in [5.74, 6) is -0.184. The van der Waals surface area contributed by atoms with E-state index < -0.39 is 12.3 Å². The lowest BCUT2D eigenvalue weighted by Crippen LogP contribution is -2.35. The van der Waals surface area contributed by atoms with E-state index in [9.17, 15) is 9.90 Å². The van der Waals surface area contributed by atoms with Crippen molar-refractivity contribution in [3.8, 4) is 0 Å². The van der Waals surface area contributed by atoms with Gasteiger partial charge < -0.3 is 14.9 Å². The highest BCUT2D eigenvalue weighted by Gasteiger charge is 2.28. The Morgan fingerprint density at radius 2 is 1.92 bits per heavy atom. The highest BCUT2D eigenvalue weighted by atomic mass is 16.7. The van der Waals surface area contributed by atoms with Crippen molar-refractivity contribution in [2.75, 3.05) is 6.61 Å². The van der Waals surface area contributed by atoms with Gasteiger partial charge in [-0.2, -0.15) is 0 Å². The van der Waals surface area contributed by atoms with E-state index in [1.54, 1.807) is 6.92 Å². The molecule has 2 atom stereocenters. The van der Waals surface area contributed by atoms with Crippen molar-refractivity contribution < 1.29 is 19.7 Å². The molecule has 13 heavy (non-hydrogen) atoms. The summed E-state index contributed by atoms with van der Waals surface area (Å²) in [5.41, 5.74) is -0.249. The maximum atomic E-state index is 10.1. The zero-order chi connectivity index (χ0) is 10.6. The van der Waals surface area contributed by atoms with Crippen molar-refractivity contribution in [1.82, 2.24) is 0 Å². The fourth-order valence-electron chi connectivity index (χ4n) is 1.15. The minimum Gasteiger partial charge on any atom is -0.450 e. The second-order valence-electron chi connectivity index (χ2n) is 4.37. The predicted octanol–water partition coefficient (Wildman–Crippen LogP) is 1.72. The summed E-state index contributed by atoms with van der Waals surface area (Å²) >= 11 is 0. The van der Waals surface area contributed by atoms with E-state index in [1.807, 2.05) is 20.8 Å². The van der Waals surface area contributed by atoms with Crippen molar-refractivity contribution in [2.45, 2.75) is 33.8 Å². The molecule has 0 spiro atoms. The number of rotatable bonds is 3. The van der Waals surface area contributed by atoms with Crippen molar-refractivity contribution in [1.29, 1.82) is 0 Å². The van der Waals surface area contributed by atoms with Crippen LogP contribution < -0.4 is 0 Å². The van der Waals surface area contributed by atoms with Gasteiger partial charge >= 0.3 is 6.16 Å². The van der Waals surface area contributed by atoms with E-state index in [0.29, 0.717) is 0 Å². The first-order valence-electron chi connectivity index (χ1n) is 4.29. The maximum Gasteiger partial charge on any atom is 0.505 e. The Bertz CT molecular complexity index is 171. The van der Waals surface area contributed by atoms with Gasteiger partial charge in [0.2, 0.25) is 0 Å². The molecule has 0 saturated heterocycles. The van der Waals surface area contributed by atoms with Gasteiger partial charge in [-0.05, 0) is 5.41 Å². The van der Waals surface area contributed by atoms with Crippen LogP contribution in [-0.4, -0.2) is 29.1 Å². The lowest BCUT2D eigenvalue weighted by atomic mass is 9.82. The highest BCUT2D eigenvalue weighted by molar-refractivity contribution is 5.56. The van der Waals surface area contributed by atoms with Crippen molar-refractivity contribution >= 4 is 6.16 Å². The monoisotopic (exact) mass is 190 g/mol.